The molecule has 114 valence electrons. The molecule has 0 saturated heterocycles. The van der Waals surface area contributed by atoms with Gasteiger partial charge in [0.25, 0.3) is 6.43 Å². The Morgan fingerprint density at radius 2 is 1.82 bits per heavy atom. The first-order chi connectivity index (χ1) is 10.4. The second kappa shape index (κ2) is 5.04. The van der Waals surface area contributed by atoms with E-state index in [0.717, 1.165) is 22.7 Å². The predicted octanol–water partition coefficient (Wildman–Crippen LogP) is 4.35. The van der Waals surface area contributed by atoms with Gasteiger partial charge in [0.15, 0.2) is 5.65 Å². The first-order valence-corrected chi connectivity index (χ1v) is 6.17. The van der Waals surface area contributed by atoms with Crippen molar-refractivity contribution in [2.75, 3.05) is 0 Å². The van der Waals surface area contributed by atoms with Crippen molar-refractivity contribution in [1.82, 2.24) is 14.6 Å². The Kier molecular flexibility index (Phi) is 3.31. The van der Waals surface area contributed by atoms with Gasteiger partial charge in [0.2, 0.25) is 0 Å². The molecular formula is C14H8F5N3. The topological polar surface area (TPSA) is 30.2 Å². The van der Waals surface area contributed by atoms with Crippen molar-refractivity contribution in [2.24, 2.45) is 0 Å². The van der Waals surface area contributed by atoms with Crippen LogP contribution in [0.5, 0.6) is 0 Å². The van der Waals surface area contributed by atoms with Crippen LogP contribution in [0.3, 0.4) is 0 Å². The summed E-state index contributed by atoms with van der Waals surface area (Å²) in [6.45, 7) is 0. The lowest BCUT2D eigenvalue weighted by molar-refractivity contribution is -0.137. The number of nitrogens with zero attached hydrogens (tertiary/aromatic N) is 3. The molecule has 0 radical (unpaired) electrons. The lowest BCUT2D eigenvalue weighted by Crippen LogP contribution is -2.05. The van der Waals surface area contributed by atoms with Gasteiger partial charge in [0.1, 0.15) is 5.69 Å². The fraction of sp³-hybridized carbons (Fsp3) is 0.143. The van der Waals surface area contributed by atoms with Gasteiger partial charge in [-0.25, -0.2) is 18.3 Å². The Hall–Kier alpha value is -2.51. The predicted molar refractivity (Wildman–Crippen MR) is 68.4 cm³/mol. The lowest BCUT2D eigenvalue weighted by Gasteiger charge is -2.10. The molecule has 2 heterocycles. The third-order valence-electron chi connectivity index (χ3n) is 3.10. The molecule has 3 rings (SSSR count). The van der Waals surface area contributed by atoms with Gasteiger partial charge >= 0.3 is 6.18 Å². The SMILES string of the molecule is FC(F)c1cc(-c2cccc(C(F)(F)F)c2)nc2ccnn12. The highest BCUT2D eigenvalue weighted by atomic mass is 19.4. The zero-order valence-corrected chi connectivity index (χ0v) is 10.9. The molecule has 0 aliphatic heterocycles. The van der Waals surface area contributed by atoms with Crippen molar-refractivity contribution >= 4 is 5.65 Å². The standard InChI is InChI=1S/C14H8F5N3/c15-13(16)11-7-10(21-12-4-5-20-22(11)12)8-2-1-3-9(6-8)14(17,18)19/h1-7,13H. The third-order valence-corrected chi connectivity index (χ3v) is 3.10. The van der Waals surface area contributed by atoms with E-state index in [0.29, 0.717) is 0 Å². The number of aromatic nitrogens is 3. The van der Waals surface area contributed by atoms with Gasteiger partial charge in [-0.05, 0) is 18.2 Å². The maximum absolute atomic E-state index is 13.1. The Labute approximate surface area is 121 Å². The second-order valence-corrected chi connectivity index (χ2v) is 4.55. The Balaban J connectivity index is 2.18. The molecule has 3 nitrogen and oxygen atoms in total. The summed E-state index contributed by atoms with van der Waals surface area (Å²) in [4.78, 5) is 4.07. The summed E-state index contributed by atoms with van der Waals surface area (Å²) >= 11 is 0. The number of alkyl halides is 5. The van der Waals surface area contributed by atoms with E-state index in [1.807, 2.05) is 0 Å². The molecule has 0 fully saturated rings. The van der Waals surface area contributed by atoms with E-state index in [1.54, 1.807) is 0 Å². The van der Waals surface area contributed by atoms with Crippen LogP contribution in [0.15, 0.2) is 42.6 Å². The quantitative estimate of drug-likeness (QED) is 0.658. The van der Waals surface area contributed by atoms with Crippen LogP contribution in [0.2, 0.25) is 0 Å². The maximum Gasteiger partial charge on any atom is 0.416 e. The van der Waals surface area contributed by atoms with Gasteiger partial charge in [-0.2, -0.15) is 18.3 Å². The summed E-state index contributed by atoms with van der Waals surface area (Å²) < 4.78 is 65.3. The van der Waals surface area contributed by atoms with Crippen LogP contribution < -0.4 is 0 Å². The first-order valence-electron chi connectivity index (χ1n) is 6.17. The summed E-state index contributed by atoms with van der Waals surface area (Å²) in [5.74, 6) is 0. The molecule has 0 aliphatic carbocycles. The number of halogens is 5. The molecule has 0 spiro atoms. The van der Waals surface area contributed by atoms with Crippen LogP contribution in [-0.4, -0.2) is 14.6 Å². The van der Waals surface area contributed by atoms with Gasteiger partial charge in [-0.3, -0.25) is 0 Å². The van der Waals surface area contributed by atoms with Gasteiger partial charge in [-0.15, -0.1) is 0 Å². The minimum absolute atomic E-state index is 0.0365. The van der Waals surface area contributed by atoms with Crippen LogP contribution in [0.25, 0.3) is 16.9 Å². The molecule has 0 saturated carbocycles. The maximum atomic E-state index is 13.1. The average molecular weight is 313 g/mol. The zero-order valence-electron chi connectivity index (χ0n) is 10.9. The smallest absolute Gasteiger partial charge is 0.229 e. The minimum atomic E-state index is -4.51. The molecule has 3 aromatic rings. The van der Waals surface area contributed by atoms with Gasteiger partial charge in [-0.1, -0.05) is 12.1 Å². The summed E-state index contributed by atoms with van der Waals surface area (Å²) in [6, 6.07) is 6.84. The highest BCUT2D eigenvalue weighted by Gasteiger charge is 2.30. The summed E-state index contributed by atoms with van der Waals surface area (Å²) in [5, 5.41) is 3.73. The van der Waals surface area contributed by atoms with Crippen molar-refractivity contribution in [3.05, 3.63) is 53.9 Å². The van der Waals surface area contributed by atoms with Crippen LogP contribution >= 0.6 is 0 Å². The molecule has 8 heteroatoms. The van der Waals surface area contributed by atoms with E-state index in [4.69, 9.17) is 0 Å². The van der Waals surface area contributed by atoms with Crippen molar-refractivity contribution < 1.29 is 22.0 Å². The Morgan fingerprint density at radius 1 is 1.05 bits per heavy atom. The number of rotatable bonds is 2. The zero-order chi connectivity index (χ0) is 15.9. The van der Waals surface area contributed by atoms with E-state index >= 15 is 0 Å². The second-order valence-electron chi connectivity index (χ2n) is 4.55. The summed E-state index contributed by atoms with van der Waals surface area (Å²) in [5.41, 5.74) is -0.999. The summed E-state index contributed by atoms with van der Waals surface area (Å²) in [6.07, 6.45) is -6.04. The fourth-order valence-corrected chi connectivity index (χ4v) is 2.10. The van der Waals surface area contributed by atoms with Gasteiger partial charge in [0, 0.05) is 11.6 Å². The number of fused-ring (bicyclic) bond motifs is 1. The highest BCUT2D eigenvalue weighted by molar-refractivity contribution is 5.63. The largest absolute Gasteiger partial charge is 0.416 e. The molecule has 2 aromatic heterocycles. The fourth-order valence-electron chi connectivity index (χ4n) is 2.10. The average Bonchev–Trinajstić information content (AvgIpc) is 2.93. The van der Waals surface area contributed by atoms with Crippen molar-refractivity contribution in [1.29, 1.82) is 0 Å². The van der Waals surface area contributed by atoms with Crippen molar-refractivity contribution in [2.45, 2.75) is 12.6 Å². The van der Waals surface area contributed by atoms with E-state index in [-0.39, 0.29) is 16.9 Å². The molecule has 0 aliphatic rings. The molecule has 0 atom stereocenters. The van der Waals surface area contributed by atoms with Gasteiger partial charge < -0.3 is 0 Å². The van der Waals surface area contributed by atoms with Crippen LogP contribution in [0, 0.1) is 0 Å². The van der Waals surface area contributed by atoms with Crippen LogP contribution in [0.1, 0.15) is 17.7 Å². The first kappa shape index (κ1) is 14.4. The molecular weight excluding hydrogens is 305 g/mol. The van der Waals surface area contributed by atoms with Crippen LogP contribution in [0.4, 0.5) is 22.0 Å². The molecule has 0 unspecified atom stereocenters. The normalized spacial score (nSPS) is 12.3. The highest BCUT2D eigenvalue weighted by Crippen LogP contribution is 2.32. The number of benzene rings is 1. The number of hydrogen-bond acceptors (Lipinski definition) is 2. The molecule has 1 aromatic carbocycles. The lowest BCUT2D eigenvalue weighted by atomic mass is 10.1. The van der Waals surface area contributed by atoms with E-state index in [9.17, 15) is 22.0 Å². The Bertz CT molecular complexity index is 823. The van der Waals surface area contributed by atoms with E-state index in [1.165, 1.54) is 24.4 Å². The van der Waals surface area contributed by atoms with Gasteiger partial charge in [0.05, 0.1) is 17.5 Å². The molecule has 0 bridgehead atoms. The molecule has 22 heavy (non-hydrogen) atoms. The van der Waals surface area contributed by atoms with Crippen molar-refractivity contribution in [3.63, 3.8) is 0 Å². The third kappa shape index (κ3) is 2.51. The van der Waals surface area contributed by atoms with Crippen molar-refractivity contribution in [3.8, 4) is 11.3 Å². The Morgan fingerprint density at radius 3 is 2.50 bits per heavy atom. The van der Waals surface area contributed by atoms with E-state index < -0.39 is 23.9 Å². The monoisotopic (exact) mass is 313 g/mol. The van der Waals surface area contributed by atoms with Crippen LogP contribution in [-0.2, 0) is 6.18 Å². The summed E-state index contributed by atoms with van der Waals surface area (Å²) in [7, 11) is 0. The minimum Gasteiger partial charge on any atom is -0.229 e. The molecule has 0 amide bonds. The number of hydrogen-bond donors (Lipinski definition) is 0. The van der Waals surface area contributed by atoms with E-state index in [2.05, 4.69) is 10.1 Å². The molecule has 0 N–H and O–H groups in total.